The first-order valence-electron chi connectivity index (χ1n) is 14.3. The number of unbranched alkanes of at least 4 members (excludes halogenated alkanes) is 14. The molecule has 10 nitrogen and oxygen atoms in total. The minimum Gasteiger partial charge on any atom is -0.480 e. The number of nitrogens with two attached hydrogens (primary N) is 1. The molecule has 0 rings (SSSR count). The van der Waals surface area contributed by atoms with Crippen LogP contribution in [0.5, 0.6) is 0 Å². The monoisotopic (exact) mass is 565 g/mol. The molecule has 38 heavy (non-hydrogen) atoms. The smallest absolute Gasteiger partial charge is 0.472 e. The van der Waals surface area contributed by atoms with Gasteiger partial charge in [0, 0.05) is 6.42 Å². The highest BCUT2D eigenvalue weighted by Gasteiger charge is 2.26. The van der Waals surface area contributed by atoms with Crippen molar-refractivity contribution < 1.29 is 43.0 Å². The summed E-state index contributed by atoms with van der Waals surface area (Å²) in [6.45, 7) is 0.504. The summed E-state index contributed by atoms with van der Waals surface area (Å²) in [5.41, 5.74) is 5.16. The Kier molecular flexibility index (Phi) is 23.9. The molecule has 0 aromatic carbocycles. The molecule has 5 N–H and O–H groups in total. The number of phosphoric ester groups is 1. The van der Waals surface area contributed by atoms with Crippen molar-refractivity contribution in [3.63, 3.8) is 0 Å². The number of esters is 1. The van der Waals surface area contributed by atoms with Crippen LogP contribution < -0.4 is 5.73 Å². The molecule has 3 atom stereocenters. The SMILES string of the molecule is CCCCCCCCC/C=C\CCCCCCCCCC(=O)OCC(O)COP(=O)(O)OCC(N)C(=O)O. The van der Waals surface area contributed by atoms with Crippen LogP contribution in [0.4, 0.5) is 0 Å². The highest BCUT2D eigenvalue weighted by Crippen LogP contribution is 2.43. The molecule has 0 amide bonds. The number of carboxylic acids is 1. The minimum absolute atomic E-state index is 0.242. The van der Waals surface area contributed by atoms with E-state index in [-0.39, 0.29) is 13.0 Å². The Hall–Kier alpha value is -1.29. The van der Waals surface area contributed by atoms with Crippen molar-refractivity contribution in [1.82, 2.24) is 0 Å². The summed E-state index contributed by atoms with van der Waals surface area (Å²) in [6, 6.07) is -1.48. The van der Waals surface area contributed by atoms with Crippen LogP contribution in [-0.4, -0.2) is 59.0 Å². The van der Waals surface area contributed by atoms with Gasteiger partial charge in [0.2, 0.25) is 0 Å². The molecule has 0 fully saturated rings. The Morgan fingerprint density at radius 1 is 0.789 bits per heavy atom. The van der Waals surface area contributed by atoms with Crippen LogP contribution in [0.15, 0.2) is 12.2 Å². The molecule has 0 saturated heterocycles. The van der Waals surface area contributed by atoms with E-state index in [4.69, 9.17) is 15.6 Å². The maximum Gasteiger partial charge on any atom is 0.472 e. The second-order valence-electron chi connectivity index (χ2n) is 9.74. The van der Waals surface area contributed by atoms with E-state index in [0.29, 0.717) is 6.42 Å². The highest BCUT2D eigenvalue weighted by atomic mass is 31.2. The van der Waals surface area contributed by atoms with Gasteiger partial charge in [0.25, 0.3) is 0 Å². The number of aliphatic carboxylic acids is 1. The lowest BCUT2D eigenvalue weighted by Gasteiger charge is -2.16. The second-order valence-corrected chi connectivity index (χ2v) is 11.2. The number of allylic oxidation sites excluding steroid dienone is 2. The Balaban J connectivity index is 3.54. The van der Waals surface area contributed by atoms with E-state index in [1.54, 1.807) is 0 Å². The number of hydrogen-bond acceptors (Lipinski definition) is 8. The molecule has 0 saturated carbocycles. The van der Waals surface area contributed by atoms with Crippen LogP contribution in [0, 0.1) is 0 Å². The number of phosphoric acid groups is 1. The average molecular weight is 566 g/mol. The summed E-state index contributed by atoms with van der Waals surface area (Å²) in [7, 11) is -4.58. The molecule has 0 aliphatic heterocycles. The summed E-state index contributed by atoms with van der Waals surface area (Å²) < 4.78 is 25.5. The summed E-state index contributed by atoms with van der Waals surface area (Å²) in [4.78, 5) is 31.8. The third kappa shape index (κ3) is 25.0. The van der Waals surface area contributed by atoms with Crippen LogP contribution in [0.2, 0.25) is 0 Å². The highest BCUT2D eigenvalue weighted by molar-refractivity contribution is 7.47. The lowest BCUT2D eigenvalue weighted by molar-refractivity contribution is -0.147. The zero-order valence-electron chi connectivity index (χ0n) is 23.3. The fourth-order valence-electron chi connectivity index (χ4n) is 3.64. The maximum absolute atomic E-state index is 11.8. The van der Waals surface area contributed by atoms with Gasteiger partial charge in [0.15, 0.2) is 0 Å². The van der Waals surface area contributed by atoms with Crippen LogP contribution >= 0.6 is 7.82 Å². The van der Waals surface area contributed by atoms with Crippen molar-refractivity contribution in [2.75, 3.05) is 19.8 Å². The Morgan fingerprint density at radius 2 is 1.26 bits per heavy atom. The molecule has 0 aliphatic rings. The largest absolute Gasteiger partial charge is 0.480 e. The lowest BCUT2D eigenvalue weighted by atomic mass is 10.1. The number of hydrogen-bond donors (Lipinski definition) is 4. The predicted molar refractivity (Wildman–Crippen MR) is 148 cm³/mol. The van der Waals surface area contributed by atoms with Gasteiger partial charge in [-0.15, -0.1) is 0 Å². The van der Waals surface area contributed by atoms with Crippen LogP contribution in [0.25, 0.3) is 0 Å². The third-order valence-electron chi connectivity index (χ3n) is 5.99. The van der Waals surface area contributed by atoms with Crippen molar-refractivity contribution >= 4 is 19.8 Å². The molecular weight excluding hydrogens is 513 g/mol. The Bertz CT molecular complexity index is 675. The van der Waals surface area contributed by atoms with E-state index >= 15 is 0 Å². The standard InChI is InChI=1S/C27H52NO9P/c1-2-3-4-5-6-7-8-9-10-11-12-13-14-15-16-17-18-19-20-26(30)35-21-24(29)22-36-38(33,34)37-23-25(28)27(31)32/h10-11,24-25,29H,2-9,12-23,28H2,1H3,(H,31,32)(H,33,34)/b11-10-. The molecule has 0 radical (unpaired) electrons. The van der Waals surface area contributed by atoms with Gasteiger partial charge in [-0.25, -0.2) is 4.57 Å². The summed E-state index contributed by atoms with van der Waals surface area (Å²) >= 11 is 0. The molecule has 224 valence electrons. The van der Waals surface area contributed by atoms with Gasteiger partial charge in [0.1, 0.15) is 18.8 Å². The molecule has 0 spiro atoms. The van der Waals surface area contributed by atoms with E-state index in [1.165, 1.54) is 70.6 Å². The molecular formula is C27H52NO9P. The first-order valence-corrected chi connectivity index (χ1v) is 15.8. The van der Waals surface area contributed by atoms with Gasteiger partial charge >= 0.3 is 19.8 Å². The van der Waals surface area contributed by atoms with E-state index in [9.17, 15) is 24.2 Å². The number of carbonyl (C=O) groups excluding carboxylic acids is 1. The number of rotatable bonds is 27. The average Bonchev–Trinajstić information content (AvgIpc) is 2.88. The normalized spacial score (nSPS) is 14.8. The van der Waals surface area contributed by atoms with Crippen molar-refractivity contribution in [2.24, 2.45) is 5.73 Å². The van der Waals surface area contributed by atoms with Crippen molar-refractivity contribution in [1.29, 1.82) is 0 Å². The second kappa shape index (κ2) is 24.7. The van der Waals surface area contributed by atoms with Gasteiger partial charge in [-0.3, -0.25) is 18.6 Å². The van der Waals surface area contributed by atoms with Crippen LogP contribution in [0.3, 0.4) is 0 Å². The number of ether oxygens (including phenoxy) is 1. The Labute approximate surface area is 228 Å². The molecule has 11 heteroatoms. The van der Waals surface area contributed by atoms with E-state index in [0.717, 1.165) is 25.7 Å². The number of carboxylic acid groups (broad SMARTS) is 1. The topological polar surface area (TPSA) is 166 Å². The van der Waals surface area contributed by atoms with E-state index in [2.05, 4.69) is 28.1 Å². The first-order chi connectivity index (χ1) is 18.2. The van der Waals surface area contributed by atoms with Gasteiger partial charge in [-0.05, 0) is 32.1 Å². The molecule has 3 unspecified atom stereocenters. The van der Waals surface area contributed by atoms with Crippen molar-refractivity contribution in [2.45, 2.75) is 128 Å². The molecule has 0 heterocycles. The fourth-order valence-corrected chi connectivity index (χ4v) is 4.43. The zero-order valence-corrected chi connectivity index (χ0v) is 24.2. The van der Waals surface area contributed by atoms with Crippen molar-refractivity contribution in [3.8, 4) is 0 Å². The van der Waals surface area contributed by atoms with Crippen LogP contribution in [-0.2, 0) is 27.9 Å². The predicted octanol–water partition coefficient (Wildman–Crippen LogP) is 5.64. The zero-order chi connectivity index (χ0) is 28.5. The lowest BCUT2D eigenvalue weighted by Crippen LogP contribution is -2.34. The number of aliphatic hydroxyl groups excluding tert-OH is 1. The summed E-state index contributed by atoms with van der Waals surface area (Å²) in [6.07, 6.45) is 22.9. The Morgan fingerprint density at radius 3 is 1.79 bits per heavy atom. The van der Waals surface area contributed by atoms with Gasteiger partial charge in [0.05, 0.1) is 13.2 Å². The van der Waals surface area contributed by atoms with E-state index < -0.39 is 45.1 Å². The van der Waals surface area contributed by atoms with Gasteiger partial charge in [-0.1, -0.05) is 89.7 Å². The molecule has 0 aromatic heterocycles. The van der Waals surface area contributed by atoms with Crippen molar-refractivity contribution in [3.05, 3.63) is 12.2 Å². The number of carbonyl (C=O) groups is 2. The molecule has 0 aromatic rings. The molecule has 0 bridgehead atoms. The fraction of sp³-hybridized carbons (Fsp3) is 0.852. The number of aliphatic hydroxyl groups is 1. The quantitative estimate of drug-likeness (QED) is 0.0423. The van der Waals surface area contributed by atoms with Crippen LogP contribution in [0.1, 0.15) is 116 Å². The third-order valence-corrected chi connectivity index (χ3v) is 6.94. The van der Waals surface area contributed by atoms with E-state index in [1.807, 2.05) is 0 Å². The summed E-state index contributed by atoms with van der Waals surface area (Å²) in [5, 5.41) is 18.4. The first kappa shape index (κ1) is 36.7. The molecule has 0 aliphatic carbocycles. The van der Waals surface area contributed by atoms with Gasteiger partial charge < -0.3 is 25.6 Å². The minimum atomic E-state index is -4.58. The summed E-state index contributed by atoms with van der Waals surface area (Å²) in [5.74, 6) is -1.85. The maximum atomic E-state index is 11.8. The van der Waals surface area contributed by atoms with Gasteiger partial charge in [-0.2, -0.15) is 0 Å².